The molecule has 0 saturated heterocycles. The number of fused-ring (bicyclic) bond motifs is 1. The van der Waals surface area contributed by atoms with Crippen molar-refractivity contribution in [1.29, 1.82) is 0 Å². The summed E-state index contributed by atoms with van der Waals surface area (Å²) in [5.41, 5.74) is 5.24. The van der Waals surface area contributed by atoms with Gasteiger partial charge in [-0.05, 0) is 48.4 Å². The Morgan fingerprint density at radius 1 is 1.19 bits per heavy atom. The molecule has 0 atom stereocenters. The van der Waals surface area contributed by atoms with Crippen LogP contribution in [0.3, 0.4) is 0 Å². The minimum Gasteiger partial charge on any atom is -0.273 e. The SMILES string of the molecule is Cc1nc2nn(C)cc2cc1-n1nc(I)c(C(C)C)c1C. The van der Waals surface area contributed by atoms with Crippen LogP contribution in [0.2, 0.25) is 0 Å². The van der Waals surface area contributed by atoms with E-state index in [4.69, 9.17) is 5.10 Å². The lowest BCUT2D eigenvalue weighted by atomic mass is 10.1. The van der Waals surface area contributed by atoms with Gasteiger partial charge in [-0.15, -0.1) is 0 Å². The summed E-state index contributed by atoms with van der Waals surface area (Å²) in [6.07, 6.45) is 1.98. The molecule has 0 aliphatic heterocycles. The molecule has 0 bridgehead atoms. The third-order valence-corrected chi connectivity index (χ3v) is 4.49. The van der Waals surface area contributed by atoms with E-state index in [2.05, 4.69) is 59.5 Å². The van der Waals surface area contributed by atoms with Gasteiger partial charge in [-0.1, -0.05) is 13.8 Å². The smallest absolute Gasteiger partial charge is 0.181 e. The van der Waals surface area contributed by atoms with Gasteiger partial charge in [-0.3, -0.25) is 4.68 Å². The van der Waals surface area contributed by atoms with E-state index in [1.807, 2.05) is 24.9 Å². The molecule has 0 spiro atoms. The number of aryl methyl sites for hydroxylation is 2. The molecule has 3 heterocycles. The van der Waals surface area contributed by atoms with E-state index >= 15 is 0 Å². The molecule has 0 N–H and O–H groups in total. The molecule has 0 unspecified atom stereocenters. The van der Waals surface area contributed by atoms with Gasteiger partial charge in [0.1, 0.15) is 3.70 Å². The van der Waals surface area contributed by atoms with Gasteiger partial charge in [0.25, 0.3) is 0 Å². The van der Waals surface area contributed by atoms with E-state index < -0.39 is 0 Å². The zero-order chi connectivity index (χ0) is 15.3. The molecule has 3 aromatic rings. The fourth-order valence-electron chi connectivity index (χ4n) is 2.74. The fourth-order valence-corrected chi connectivity index (χ4v) is 3.97. The number of hydrogen-bond acceptors (Lipinski definition) is 3. The summed E-state index contributed by atoms with van der Waals surface area (Å²) < 4.78 is 4.86. The van der Waals surface area contributed by atoms with Gasteiger partial charge in [-0.2, -0.15) is 10.2 Å². The van der Waals surface area contributed by atoms with Crippen LogP contribution in [0.25, 0.3) is 16.7 Å². The molecule has 6 heteroatoms. The highest BCUT2D eigenvalue weighted by Gasteiger charge is 2.18. The summed E-state index contributed by atoms with van der Waals surface area (Å²) in [5.74, 6) is 0.459. The first-order chi connectivity index (χ1) is 9.88. The minimum atomic E-state index is 0.459. The highest BCUT2D eigenvalue weighted by Crippen LogP contribution is 2.28. The lowest BCUT2D eigenvalue weighted by Gasteiger charge is -2.09. The Morgan fingerprint density at radius 3 is 2.52 bits per heavy atom. The molecule has 5 nitrogen and oxygen atoms in total. The van der Waals surface area contributed by atoms with Gasteiger partial charge >= 0.3 is 0 Å². The lowest BCUT2D eigenvalue weighted by Crippen LogP contribution is -2.04. The maximum Gasteiger partial charge on any atom is 0.181 e. The van der Waals surface area contributed by atoms with Gasteiger partial charge in [-0.25, -0.2) is 9.67 Å². The van der Waals surface area contributed by atoms with Crippen molar-refractivity contribution < 1.29 is 0 Å². The molecule has 3 rings (SSSR count). The number of halogens is 1. The quantitative estimate of drug-likeness (QED) is 0.625. The van der Waals surface area contributed by atoms with Crippen LogP contribution in [-0.2, 0) is 7.05 Å². The van der Waals surface area contributed by atoms with Crippen LogP contribution in [0.5, 0.6) is 0 Å². The molecular formula is C15H18IN5. The monoisotopic (exact) mass is 395 g/mol. The normalized spacial score (nSPS) is 11.8. The van der Waals surface area contributed by atoms with E-state index in [1.165, 1.54) is 11.3 Å². The van der Waals surface area contributed by atoms with Crippen molar-refractivity contribution in [1.82, 2.24) is 24.5 Å². The second kappa shape index (κ2) is 5.08. The number of rotatable bonds is 2. The molecule has 21 heavy (non-hydrogen) atoms. The molecule has 0 radical (unpaired) electrons. The van der Waals surface area contributed by atoms with Crippen LogP contribution in [0.4, 0.5) is 0 Å². The molecule has 0 amide bonds. The van der Waals surface area contributed by atoms with E-state index in [0.717, 1.165) is 26.1 Å². The maximum absolute atomic E-state index is 4.71. The number of aromatic nitrogens is 5. The van der Waals surface area contributed by atoms with E-state index in [0.29, 0.717) is 5.92 Å². The Kier molecular flexibility index (Phi) is 3.51. The molecule has 0 saturated carbocycles. The van der Waals surface area contributed by atoms with Gasteiger partial charge in [0.2, 0.25) is 0 Å². The molecule has 0 fully saturated rings. The van der Waals surface area contributed by atoms with Crippen LogP contribution in [-0.4, -0.2) is 24.5 Å². The zero-order valence-electron chi connectivity index (χ0n) is 12.8. The average molecular weight is 395 g/mol. The summed E-state index contributed by atoms with van der Waals surface area (Å²) in [7, 11) is 1.91. The summed E-state index contributed by atoms with van der Waals surface area (Å²) >= 11 is 2.31. The van der Waals surface area contributed by atoms with Gasteiger partial charge < -0.3 is 0 Å². The van der Waals surface area contributed by atoms with Crippen LogP contribution in [0, 0.1) is 17.5 Å². The summed E-state index contributed by atoms with van der Waals surface area (Å²) in [6, 6.07) is 2.12. The van der Waals surface area contributed by atoms with Crippen molar-refractivity contribution in [3.8, 4) is 5.69 Å². The predicted molar refractivity (Wildman–Crippen MR) is 91.9 cm³/mol. The van der Waals surface area contributed by atoms with Crippen LogP contribution in [0.1, 0.15) is 36.7 Å². The predicted octanol–water partition coefficient (Wildman–Crippen LogP) is 3.50. The van der Waals surface area contributed by atoms with Crippen LogP contribution >= 0.6 is 22.6 Å². The van der Waals surface area contributed by atoms with E-state index in [9.17, 15) is 0 Å². The van der Waals surface area contributed by atoms with Crippen LogP contribution < -0.4 is 0 Å². The Bertz CT molecular complexity index is 828. The first kappa shape index (κ1) is 14.5. The topological polar surface area (TPSA) is 48.5 Å². The highest BCUT2D eigenvalue weighted by molar-refractivity contribution is 14.1. The van der Waals surface area contributed by atoms with E-state index in [-0.39, 0.29) is 0 Å². The third-order valence-electron chi connectivity index (χ3n) is 3.70. The summed E-state index contributed by atoms with van der Waals surface area (Å²) in [6.45, 7) is 8.53. The molecule has 110 valence electrons. The second-order valence-electron chi connectivity index (χ2n) is 5.66. The first-order valence-corrected chi connectivity index (χ1v) is 8.02. The second-order valence-corrected chi connectivity index (χ2v) is 6.69. The number of pyridine rings is 1. The number of hydrogen-bond donors (Lipinski definition) is 0. The van der Waals surface area contributed by atoms with Crippen molar-refractivity contribution in [3.63, 3.8) is 0 Å². The van der Waals surface area contributed by atoms with Crippen molar-refractivity contribution >= 4 is 33.6 Å². The van der Waals surface area contributed by atoms with E-state index in [1.54, 1.807) is 4.68 Å². The van der Waals surface area contributed by atoms with Crippen LogP contribution in [0.15, 0.2) is 12.3 Å². The van der Waals surface area contributed by atoms with Gasteiger partial charge in [0.05, 0.1) is 11.4 Å². The fraction of sp³-hybridized carbons (Fsp3) is 0.400. The Hall–Kier alpha value is -1.44. The van der Waals surface area contributed by atoms with Gasteiger partial charge in [0, 0.05) is 29.9 Å². The average Bonchev–Trinajstić information content (AvgIpc) is 2.87. The first-order valence-electron chi connectivity index (χ1n) is 6.95. The third kappa shape index (κ3) is 2.35. The lowest BCUT2D eigenvalue weighted by molar-refractivity contribution is 0.774. The standard InChI is InChI=1S/C15H18IN5/c1-8(2)13-10(4)21(18-14(13)16)12-6-11-7-20(5)19-15(11)17-9(12)3/h6-8H,1-5H3. The molecule has 3 aromatic heterocycles. The summed E-state index contributed by atoms with van der Waals surface area (Å²) in [5, 5.41) is 10.1. The van der Waals surface area contributed by atoms with Crippen molar-refractivity contribution in [2.75, 3.05) is 0 Å². The number of nitrogens with zero attached hydrogens (tertiary/aromatic N) is 5. The molecule has 0 aliphatic rings. The Labute approximate surface area is 137 Å². The Morgan fingerprint density at radius 2 is 1.90 bits per heavy atom. The van der Waals surface area contributed by atoms with Crippen molar-refractivity contribution in [2.45, 2.75) is 33.6 Å². The maximum atomic E-state index is 4.71. The molecular weight excluding hydrogens is 377 g/mol. The van der Waals surface area contributed by atoms with Crippen molar-refractivity contribution in [3.05, 3.63) is 32.9 Å². The minimum absolute atomic E-state index is 0.459. The molecule has 0 aliphatic carbocycles. The molecule has 0 aromatic carbocycles. The highest BCUT2D eigenvalue weighted by atomic mass is 127. The van der Waals surface area contributed by atoms with Crippen molar-refractivity contribution in [2.24, 2.45) is 7.05 Å². The zero-order valence-corrected chi connectivity index (χ0v) is 15.0. The summed E-state index contributed by atoms with van der Waals surface area (Å²) in [4.78, 5) is 4.60. The Balaban J connectivity index is 2.25. The largest absolute Gasteiger partial charge is 0.273 e. The van der Waals surface area contributed by atoms with Gasteiger partial charge in [0.15, 0.2) is 5.65 Å².